The molecule has 192 valence electrons. The quantitative estimate of drug-likeness (QED) is 0.295. The van der Waals surface area contributed by atoms with Gasteiger partial charge >= 0.3 is 0 Å². The summed E-state index contributed by atoms with van der Waals surface area (Å²) < 4.78 is 7.91. The van der Waals surface area contributed by atoms with Gasteiger partial charge in [-0.3, -0.25) is 14.5 Å². The summed E-state index contributed by atoms with van der Waals surface area (Å²) in [6.07, 6.45) is 4.64. The fraction of sp³-hybridized carbons (Fsp3) is 0.214. The summed E-state index contributed by atoms with van der Waals surface area (Å²) in [5, 5.41) is 15.2. The van der Waals surface area contributed by atoms with Gasteiger partial charge in [0.05, 0.1) is 11.1 Å². The molecule has 0 bridgehead atoms. The Morgan fingerprint density at radius 1 is 1.18 bits per heavy atom. The Kier molecular flexibility index (Phi) is 5.80. The van der Waals surface area contributed by atoms with Crippen molar-refractivity contribution in [2.24, 2.45) is 0 Å². The highest BCUT2D eigenvalue weighted by Gasteiger charge is 2.25. The average molecular weight is 510 g/mol. The lowest BCUT2D eigenvalue weighted by atomic mass is 10.1. The highest BCUT2D eigenvalue weighted by Crippen LogP contribution is 2.39. The monoisotopic (exact) mass is 509 g/mol. The van der Waals surface area contributed by atoms with Crippen molar-refractivity contribution in [3.63, 3.8) is 0 Å². The smallest absolute Gasteiger partial charge is 0.292 e. The second kappa shape index (κ2) is 9.31. The van der Waals surface area contributed by atoms with Gasteiger partial charge in [-0.2, -0.15) is 10.2 Å². The normalized spacial score (nSPS) is 13.9. The molecular formula is C28H27N7O3. The number of carbonyl (C=O) groups excluding carboxylic acids is 1. The van der Waals surface area contributed by atoms with E-state index < -0.39 is 5.56 Å². The van der Waals surface area contributed by atoms with Gasteiger partial charge in [0.25, 0.3) is 5.56 Å². The summed E-state index contributed by atoms with van der Waals surface area (Å²) in [5.74, 6) is 0.505. The van der Waals surface area contributed by atoms with Gasteiger partial charge in [-0.1, -0.05) is 17.7 Å². The molecule has 1 fully saturated rings. The molecule has 0 saturated carbocycles. The van der Waals surface area contributed by atoms with Crippen LogP contribution in [-0.4, -0.2) is 50.4 Å². The molecule has 3 aromatic heterocycles. The van der Waals surface area contributed by atoms with E-state index in [1.54, 1.807) is 22.9 Å². The van der Waals surface area contributed by atoms with Gasteiger partial charge in [-0.05, 0) is 69.8 Å². The summed E-state index contributed by atoms with van der Waals surface area (Å²) >= 11 is 0. The molecule has 1 aliphatic rings. The van der Waals surface area contributed by atoms with Crippen molar-refractivity contribution in [2.75, 3.05) is 30.7 Å². The number of nitrogens with two attached hydrogens (primary N) is 1. The van der Waals surface area contributed by atoms with Crippen molar-refractivity contribution >= 4 is 39.3 Å². The number of carbonyl (C=O) groups is 1. The first-order valence-electron chi connectivity index (χ1n) is 12.5. The molecule has 0 aliphatic carbocycles. The molecule has 1 saturated heterocycles. The average Bonchev–Trinajstić information content (AvgIpc) is 3.42. The Morgan fingerprint density at radius 3 is 2.71 bits per heavy atom. The van der Waals surface area contributed by atoms with E-state index in [0.717, 1.165) is 41.7 Å². The van der Waals surface area contributed by atoms with Gasteiger partial charge in [0.2, 0.25) is 5.91 Å². The van der Waals surface area contributed by atoms with Crippen LogP contribution in [0.15, 0.2) is 63.8 Å². The first kappa shape index (κ1) is 23.7. The lowest BCUT2D eigenvalue weighted by molar-refractivity contribution is -0.111. The van der Waals surface area contributed by atoms with Crippen LogP contribution >= 0.6 is 0 Å². The number of nitrogens with one attached hydrogen (secondary N) is 2. The molecule has 38 heavy (non-hydrogen) atoms. The number of hydrogen-bond acceptors (Lipinski definition) is 7. The van der Waals surface area contributed by atoms with E-state index in [4.69, 9.17) is 10.2 Å². The molecule has 2 aromatic carbocycles. The minimum Gasteiger partial charge on any atom is -0.454 e. The first-order valence-corrected chi connectivity index (χ1v) is 12.5. The molecule has 0 unspecified atom stereocenters. The number of furan rings is 1. The molecule has 6 rings (SSSR count). The van der Waals surface area contributed by atoms with Crippen molar-refractivity contribution < 1.29 is 9.21 Å². The van der Waals surface area contributed by atoms with E-state index in [9.17, 15) is 9.59 Å². The molecule has 10 heteroatoms. The third-order valence-electron chi connectivity index (χ3n) is 6.90. The Bertz CT molecular complexity index is 1770. The maximum absolute atomic E-state index is 12.7. The maximum Gasteiger partial charge on any atom is 0.292 e. The number of aromatic nitrogens is 4. The van der Waals surface area contributed by atoms with Crippen LogP contribution in [0.25, 0.3) is 39.0 Å². The van der Waals surface area contributed by atoms with Gasteiger partial charge in [0.15, 0.2) is 17.1 Å². The number of benzene rings is 2. The molecule has 10 nitrogen and oxygen atoms in total. The number of H-pyrrole nitrogens is 1. The first-order chi connectivity index (χ1) is 18.4. The van der Waals surface area contributed by atoms with Crippen LogP contribution in [0.2, 0.25) is 0 Å². The Labute approximate surface area is 217 Å². The van der Waals surface area contributed by atoms with Crippen LogP contribution < -0.4 is 16.6 Å². The summed E-state index contributed by atoms with van der Waals surface area (Å²) in [5.41, 5.74) is 10.5. The zero-order valence-corrected chi connectivity index (χ0v) is 21.1. The third-order valence-corrected chi connectivity index (χ3v) is 6.90. The van der Waals surface area contributed by atoms with E-state index in [1.165, 1.54) is 6.42 Å². The van der Waals surface area contributed by atoms with Crippen molar-refractivity contribution in [1.82, 2.24) is 24.9 Å². The van der Waals surface area contributed by atoms with Gasteiger partial charge in [-0.15, -0.1) is 0 Å². The number of hydrogen-bond donors (Lipinski definition) is 3. The molecule has 4 heterocycles. The summed E-state index contributed by atoms with van der Waals surface area (Å²) in [7, 11) is 0. The second-order valence-corrected chi connectivity index (χ2v) is 9.57. The standard InChI is InChI=1S/C28H27N7O3/c1-16-6-11-21-20(15-16)17(2)26(38-21)25-23-24(28(37)32-31-27(23)29)33-35(25)19-9-7-18(8-10-19)30-22(36)5-3-12-34-13-4-14-34/h3,5-11,15H,4,12-14H2,1-2H3,(H2,29,31)(H,30,36)(H,32,37)/b5-3+. The Balaban J connectivity index is 1.40. The molecule has 5 aromatic rings. The van der Waals surface area contributed by atoms with E-state index in [1.807, 2.05) is 44.2 Å². The minimum atomic E-state index is -0.451. The van der Waals surface area contributed by atoms with Gasteiger partial charge in [-0.25, -0.2) is 9.78 Å². The second-order valence-electron chi connectivity index (χ2n) is 9.57. The SMILES string of the molecule is Cc1ccc2oc(-c3c4c(N)n[nH]c(=O)c4nn3-c3ccc(NC(=O)/C=C/CN4CCC4)cc3)c(C)c2c1. The van der Waals surface area contributed by atoms with Crippen LogP contribution in [0.4, 0.5) is 11.5 Å². The number of aryl methyl sites for hydroxylation is 2. The highest BCUT2D eigenvalue weighted by molar-refractivity contribution is 6.02. The fourth-order valence-corrected chi connectivity index (χ4v) is 4.74. The molecule has 0 atom stereocenters. The van der Waals surface area contributed by atoms with Crippen molar-refractivity contribution in [3.8, 4) is 17.1 Å². The Hall–Kier alpha value is -4.70. The summed E-state index contributed by atoms with van der Waals surface area (Å²) in [6, 6.07) is 13.2. The predicted molar refractivity (Wildman–Crippen MR) is 147 cm³/mol. The highest BCUT2D eigenvalue weighted by atomic mass is 16.3. The predicted octanol–water partition coefficient (Wildman–Crippen LogP) is 3.92. The van der Waals surface area contributed by atoms with Gasteiger partial charge < -0.3 is 15.5 Å². The molecule has 1 aliphatic heterocycles. The van der Waals surface area contributed by atoms with Crippen molar-refractivity contribution in [3.05, 3.63) is 76.1 Å². The molecule has 0 spiro atoms. The molecule has 0 radical (unpaired) electrons. The molecule has 4 N–H and O–H groups in total. The zero-order valence-electron chi connectivity index (χ0n) is 21.1. The van der Waals surface area contributed by atoms with Crippen molar-refractivity contribution in [1.29, 1.82) is 0 Å². The number of amides is 1. The zero-order chi connectivity index (χ0) is 26.4. The minimum absolute atomic E-state index is 0.144. The summed E-state index contributed by atoms with van der Waals surface area (Å²) in [4.78, 5) is 27.2. The number of likely N-dealkylation sites (tertiary alicyclic amines) is 1. The molecule has 1 amide bonds. The molecular weight excluding hydrogens is 482 g/mol. The van der Waals surface area contributed by atoms with Gasteiger partial charge in [0.1, 0.15) is 11.3 Å². The Morgan fingerprint density at radius 2 is 1.97 bits per heavy atom. The van der Waals surface area contributed by atoms with E-state index in [-0.39, 0.29) is 17.2 Å². The van der Waals surface area contributed by atoms with Crippen LogP contribution in [0, 0.1) is 13.8 Å². The lowest BCUT2D eigenvalue weighted by Crippen LogP contribution is -2.37. The summed E-state index contributed by atoms with van der Waals surface area (Å²) in [6.45, 7) is 6.93. The van der Waals surface area contributed by atoms with E-state index >= 15 is 0 Å². The maximum atomic E-state index is 12.7. The number of rotatable bonds is 6. The van der Waals surface area contributed by atoms with Crippen LogP contribution in [0.3, 0.4) is 0 Å². The van der Waals surface area contributed by atoms with Crippen LogP contribution in [-0.2, 0) is 4.79 Å². The number of aromatic amines is 1. The van der Waals surface area contributed by atoms with Gasteiger partial charge in [0, 0.05) is 29.3 Å². The van der Waals surface area contributed by atoms with Crippen molar-refractivity contribution in [2.45, 2.75) is 20.3 Å². The number of nitrogen functional groups attached to an aromatic ring is 1. The lowest BCUT2D eigenvalue weighted by Gasteiger charge is -2.29. The largest absolute Gasteiger partial charge is 0.454 e. The number of fused-ring (bicyclic) bond motifs is 2. The number of nitrogens with zero attached hydrogens (tertiary/aromatic N) is 4. The van der Waals surface area contributed by atoms with E-state index in [2.05, 4.69) is 31.6 Å². The third kappa shape index (κ3) is 4.14. The van der Waals surface area contributed by atoms with Crippen LogP contribution in [0.5, 0.6) is 0 Å². The number of anilines is 2. The topological polar surface area (TPSA) is 135 Å². The van der Waals surface area contributed by atoms with E-state index in [0.29, 0.717) is 28.2 Å². The fourth-order valence-electron chi connectivity index (χ4n) is 4.74. The van der Waals surface area contributed by atoms with Crippen LogP contribution in [0.1, 0.15) is 17.5 Å².